The summed E-state index contributed by atoms with van der Waals surface area (Å²) in [5.41, 5.74) is 1.33. The zero-order valence-electron chi connectivity index (χ0n) is 11.0. The number of hydrogen-bond donors (Lipinski definition) is 1. The van der Waals surface area contributed by atoms with Crippen molar-refractivity contribution in [2.24, 2.45) is 5.92 Å². The predicted octanol–water partition coefficient (Wildman–Crippen LogP) is 2.06. The minimum absolute atomic E-state index is 0.363. The second-order valence-corrected chi connectivity index (χ2v) is 5.55. The van der Waals surface area contributed by atoms with Crippen LogP contribution in [0, 0.1) is 5.92 Å². The maximum absolute atomic E-state index is 5.42. The molecule has 2 N–H and O–H groups in total. The molecule has 0 amide bonds. The number of quaternary nitrogens is 1. The van der Waals surface area contributed by atoms with Crippen molar-refractivity contribution in [1.82, 2.24) is 0 Å². The smallest absolute Gasteiger partial charge is 0.231 e. The van der Waals surface area contributed by atoms with Crippen LogP contribution in [0.2, 0.25) is 0 Å². The molecule has 0 aromatic heterocycles. The number of nitrogens with two attached hydrogens (primary N) is 1. The van der Waals surface area contributed by atoms with E-state index in [1.807, 2.05) is 6.07 Å². The Morgan fingerprint density at radius 1 is 1.17 bits per heavy atom. The van der Waals surface area contributed by atoms with Crippen molar-refractivity contribution >= 4 is 0 Å². The van der Waals surface area contributed by atoms with E-state index in [1.165, 1.54) is 31.2 Å². The van der Waals surface area contributed by atoms with Crippen LogP contribution in [0.15, 0.2) is 18.2 Å². The molecule has 1 heterocycles. The van der Waals surface area contributed by atoms with Gasteiger partial charge in [-0.3, -0.25) is 0 Å². The van der Waals surface area contributed by atoms with Crippen LogP contribution in [0.5, 0.6) is 11.5 Å². The summed E-state index contributed by atoms with van der Waals surface area (Å²) in [6.45, 7) is 3.80. The molecule has 3 rings (SSSR count). The first-order valence-electron chi connectivity index (χ1n) is 7.05. The van der Waals surface area contributed by atoms with Crippen LogP contribution < -0.4 is 14.8 Å². The summed E-state index contributed by atoms with van der Waals surface area (Å²) < 4.78 is 10.7. The van der Waals surface area contributed by atoms with Crippen molar-refractivity contribution in [2.75, 3.05) is 6.79 Å². The van der Waals surface area contributed by atoms with Gasteiger partial charge < -0.3 is 14.8 Å². The monoisotopic (exact) mass is 248 g/mol. The highest BCUT2D eigenvalue weighted by Crippen LogP contribution is 2.32. The molecular weight excluding hydrogens is 226 g/mol. The molecule has 0 spiro atoms. The maximum Gasteiger partial charge on any atom is 0.231 e. The lowest BCUT2D eigenvalue weighted by Gasteiger charge is -2.26. The van der Waals surface area contributed by atoms with E-state index in [9.17, 15) is 0 Å². The molecule has 0 saturated heterocycles. The Kier molecular flexibility index (Phi) is 3.41. The van der Waals surface area contributed by atoms with Gasteiger partial charge in [0.15, 0.2) is 11.5 Å². The SMILES string of the molecule is C[C@@H]1CCCC[C@@H]1[NH2+]Cc1ccc2c(c1)OCO2. The van der Waals surface area contributed by atoms with Crippen LogP contribution in [-0.2, 0) is 6.54 Å². The van der Waals surface area contributed by atoms with Gasteiger partial charge >= 0.3 is 0 Å². The van der Waals surface area contributed by atoms with Gasteiger partial charge in [0.25, 0.3) is 0 Å². The third kappa shape index (κ3) is 2.46. The van der Waals surface area contributed by atoms with E-state index in [2.05, 4.69) is 24.4 Å². The summed E-state index contributed by atoms with van der Waals surface area (Å²) in [5, 5.41) is 2.50. The maximum atomic E-state index is 5.42. The van der Waals surface area contributed by atoms with E-state index < -0.39 is 0 Å². The molecule has 3 heteroatoms. The Labute approximate surface area is 108 Å². The van der Waals surface area contributed by atoms with Crippen LogP contribution in [0.4, 0.5) is 0 Å². The lowest BCUT2D eigenvalue weighted by molar-refractivity contribution is -0.712. The lowest BCUT2D eigenvalue weighted by Crippen LogP contribution is -2.90. The third-order valence-corrected chi connectivity index (χ3v) is 4.27. The largest absolute Gasteiger partial charge is 0.454 e. The molecule has 1 aliphatic heterocycles. The van der Waals surface area contributed by atoms with Crippen LogP contribution in [-0.4, -0.2) is 12.8 Å². The highest BCUT2D eigenvalue weighted by molar-refractivity contribution is 5.44. The molecule has 3 nitrogen and oxygen atoms in total. The molecule has 2 atom stereocenters. The number of benzene rings is 1. The highest BCUT2D eigenvalue weighted by atomic mass is 16.7. The number of hydrogen-bond acceptors (Lipinski definition) is 2. The van der Waals surface area contributed by atoms with E-state index in [0.29, 0.717) is 6.79 Å². The van der Waals surface area contributed by atoms with Gasteiger partial charge in [-0.15, -0.1) is 0 Å². The summed E-state index contributed by atoms with van der Waals surface area (Å²) in [7, 11) is 0. The average molecular weight is 248 g/mol. The Hall–Kier alpha value is -1.22. The zero-order valence-corrected chi connectivity index (χ0v) is 11.0. The topological polar surface area (TPSA) is 35.1 Å². The van der Waals surface area contributed by atoms with Gasteiger partial charge in [-0.05, 0) is 37.5 Å². The van der Waals surface area contributed by atoms with E-state index in [4.69, 9.17) is 9.47 Å². The van der Waals surface area contributed by atoms with Crippen molar-refractivity contribution in [1.29, 1.82) is 0 Å². The van der Waals surface area contributed by atoms with Gasteiger partial charge in [0, 0.05) is 11.5 Å². The second-order valence-electron chi connectivity index (χ2n) is 5.55. The van der Waals surface area contributed by atoms with Gasteiger partial charge in [-0.2, -0.15) is 0 Å². The fraction of sp³-hybridized carbons (Fsp3) is 0.600. The minimum atomic E-state index is 0.363. The van der Waals surface area contributed by atoms with Crippen molar-refractivity contribution in [2.45, 2.75) is 45.2 Å². The lowest BCUT2D eigenvalue weighted by atomic mass is 9.86. The number of ether oxygens (including phenoxy) is 2. The van der Waals surface area contributed by atoms with Gasteiger partial charge in [-0.1, -0.05) is 13.3 Å². The van der Waals surface area contributed by atoms with Crippen molar-refractivity contribution in [3.05, 3.63) is 23.8 Å². The molecule has 1 saturated carbocycles. The summed E-state index contributed by atoms with van der Waals surface area (Å²) in [6.07, 6.45) is 5.57. The standard InChI is InChI=1S/C15H21NO2/c1-11-4-2-3-5-13(11)16-9-12-6-7-14-15(8-12)18-10-17-14/h6-8,11,13,16H,2-5,9-10H2,1H3/p+1/t11-,13+/m1/s1. The molecule has 1 aliphatic carbocycles. The van der Waals surface area contributed by atoms with Crippen LogP contribution in [0.3, 0.4) is 0 Å². The molecule has 0 radical (unpaired) electrons. The van der Waals surface area contributed by atoms with E-state index in [1.54, 1.807) is 0 Å². The molecule has 18 heavy (non-hydrogen) atoms. The predicted molar refractivity (Wildman–Crippen MR) is 69.6 cm³/mol. The second kappa shape index (κ2) is 5.19. The Balaban J connectivity index is 1.59. The molecule has 0 bridgehead atoms. The summed E-state index contributed by atoms with van der Waals surface area (Å²) in [6, 6.07) is 7.09. The molecule has 1 aromatic carbocycles. The summed E-state index contributed by atoms with van der Waals surface area (Å²) in [4.78, 5) is 0. The Morgan fingerprint density at radius 3 is 2.89 bits per heavy atom. The van der Waals surface area contributed by atoms with Crippen molar-refractivity contribution in [3.63, 3.8) is 0 Å². The zero-order chi connectivity index (χ0) is 12.4. The van der Waals surface area contributed by atoms with Crippen molar-refractivity contribution in [3.8, 4) is 11.5 Å². The summed E-state index contributed by atoms with van der Waals surface area (Å²) >= 11 is 0. The van der Waals surface area contributed by atoms with Crippen LogP contribution in [0.25, 0.3) is 0 Å². The van der Waals surface area contributed by atoms with Gasteiger partial charge in [-0.25, -0.2) is 0 Å². The molecule has 0 unspecified atom stereocenters. The highest BCUT2D eigenvalue weighted by Gasteiger charge is 2.24. The Bertz CT molecular complexity index is 419. The molecular formula is C15H22NO2+. The first-order valence-corrected chi connectivity index (χ1v) is 7.05. The van der Waals surface area contributed by atoms with E-state index >= 15 is 0 Å². The van der Waals surface area contributed by atoms with Crippen molar-refractivity contribution < 1.29 is 14.8 Å². The minimum Gasteiger partial charge on any atom is -0.454 e. The van der Waals surface area contributed by atoms with Crippen LogP contribution in [0.1, 0.15) is 38.2 Å². The fourth-order valence-electron chi connectivity index (χ4n) is 3.05. The van der Waals surface area contributed by atoms with E-state index in [0.717, 1.165) is 30.0 Å². The quantitative estimate of drug-likeness (QED) is 0.888. The Morgan fingerprint density at radius 2 is 2.00 bits per heavy atom. The number of rotatable bonds is 3. The summed E-state index contributed by atoms with van der Waals surface area (Å²) in [5.74, 6) is 2.63. The van der Waals surface area contributed by atoms with E-state index in [-0.39, 0.29) is 0 Å². The molecule has 1 fully saturated rings. The average Bonchev–Trinajstić information content (AvgIpc) is 2.85. The first-order chi connectivity index (χ1) is 8.83. The first kappa shape index (κ1) is 11.8. The van der Waals surface area contributed by atoms with Gasteiger partial charge in [0.05, 0.1) is 6.04 Å². The van der Waals surface area contributed by atoms with Gasteiger partial charge in [0.1, 0.15) is 6.54 Å². The third-order valence-electron chi connectivity index (χ3n) is 4.27. The molecule has 1 aromatic rings. The number of fused-ring (bicyclic) bond motifs is 1. The fourth-order valence-corrected chi connectivity index (χ4v) is 3.05. The normalized spacial score (nSPS) is 26.3. The van der Waals surface area contributed by atoms with Gasteiger partial charge in [0.2, 0.25) is 6.79 Å². The molecule has 2 aliphatic rings. The molecule has 98 valence electrons. The van der Waals surface area contributed by atoms with Crippen LogP contribution >= 0.6 is 0 Å².